The second kappa shape index (κ2) is 6.12. The molecule has 1 aromatic carbocycles. The van der Waals surface area contributed by atoms with Gasteiger partial charge in [-0.2, -0.15) is 4.98 Å². The van der Waals surface area contributed by atoms with Crippen LogP contribution in [-0.4, -0.2) is 23.2 Å². The Kier molecular flexibility index (Phi) is 4.24. The quantitative estimate of drug-likeness (QED) is 0.943. The summed E-state index contributed by atoms with van der Waals surface area (Å²) in [6.45, 7) is 2.00. The predicted molar refractivity (Wildman–Crippen MR) is 78.4 cm³/mol. The Morgan fingerprint density at radius 3 is 2.95 bits per heavy atom. The van der Waals surface area contributed by atoms with Crippen molar-refractivity contribution < 1.29 is 4.52 Å². The zero-order valence-electron chi connectivity index (χ0n) is 10.9. The van der Waals surface area contributed by atoms with Gasteiger partial charge in [-0.3, -0.25) is 0 Å². The third-order valence-corrected chi connectivity index (χ3v) is 4.22. The summed E-state index contributed by atoms with van der Waals surface area (Å²) in [4.78, 5) is 4.49. The van der Waals surface area contributed by atoms with Crippen LogP contribution in [-0.2, 0) is 6.42 Å². The molecule has 0 aliphatic carbocycles. The molecule has 1 atom stereocenters. The third kappa shape index (κ3) is 3.14. The molecule has 0 amide bonds. The number of nitrogens with zero attached hydrogens (tertiary/aromatic N) is 2. The molecule has 1 N–H and O–H groups in total. The Labute approximate surface area is 127 Å². The molecule has 1 fully saturated rings. The van der Waals surface area contributed by atoms with Gasteiger partial charge in [0.1, 0.15) is 0 Å². The van der Waals surface area contributed by atoms with Crippen LogP contribution in [0, 0.1) is 0 Å². The molecule has 0 radical (unpaired) electrons. The summed E-state index contributed by atoms with van der Waals surface area (Å²) < 4.78 is 5.33. The molecule has 0 saturated carbocycles. The molecule has 3 rings (SSSR count). The van der Waals surface area contributed by atoms with Gasteiger partial charge in [0.2, 0.25) is 5.89 Å². The maximum Gasteiger partial charge on any atom is 0.231 e. The number of halogens is 2. The summed E-state index contributed by atoms with van der Waals surface area (Å²) in [6, 6.07) is 5.53. The van der Waals surface area contributed by atoms with Gasteiger partial charge in [0.05, 0.1) is 16.5 Å². The van der Waals surface area contributed by atoms with E-state index < -0.39 is 0 Å². The number of hydrogen-bond donors (Lipinski definition) is 1. The molecule has 4 nitrogen and oxygen atoms in total. The molecule has 1 aromatic heterocycles. The van der Waals surface area contributed by atoms with Gasteiger partial charge < -0.3 is 9.84 Å². The molecule has 106 valence electrons. The van der Waals surface area contributed by atoms with E-state index in [4.69, 9.17) is 27.7 Å². The van der Waals surface area contributed by atoms with E-state index in [0.29, 0.717) is 28.3 Å². The van der Waals surface area contributed by atoms with Crippen molar-refractivity contribution in [1.82, 2.24) is 15.5 Å². The first kappa shape index (κ1) is 13.9. The van der Waals surface area contributed by atoms with E-state index in [9.17, 15) is 0 Å². The lowest BCUT2D eigenvalue weighted by atomic mass is 9.99. The van der Waals surface area contributed by atoms with E-state index in [1.165, 1.54) is 0 Å². The highest BCUT2D eigenvalue weighted by Gasteiger charge is 2.20. The van der Waals surface area contributed by atoms with Crippen LogP contribution in [0.2, 0.25) is 10.0 Å². The van der Waals surface area contributed by atoms with E-state index in [0.717, 1.165) is 37.3 Å². The summed E-state index contributed by atoms with van der Waals surface area (Å²) in [5.74, 6) is 1.77. The predicted octanol–water partition coefficient (Wildman–Crippen LogP) is 3.43. The Morgan fingerprint density at radius 1 is 1.30 bits per heavy atom. The molecular weight excluding hydrogens is 297 g/mol. The van der Waals surface area contributed by atoms with Gasteiger partial charge in [0.25, 0.3) is 0 Å². The molecule has 0 spiro atoms. The maximum absolute atomic E-state index is 6.00. The summed E-state index contributed by atoms with van der Waals surface area (Å²) >= 11 is 11.9. The van der Waals surface area contributed by atoms with Crippen molar-refractivity contribution in [2.45, 2.75) is 25.2 Å². The summed E-state index contributed by atoms with van der Waals surface area (Å²) in [6.07, 6.45) is 2.84. The number of benzene rings is 1. The SMILES string of the molecule is Clc1ccc(Cc2nc(C3CCCNC3)no2)cc1Cl. The minimum Gasteiger partial charge on any atom is -0.339 e. The van der Waals surface area contributed by atoms with Crippen LogP contribution in [0.25, 0.3) is 0 Å². The van der Waals surface area contributed by atoms with Crippen LogP contribution < -0.4 is 5.32 Å². The zero-order valence-corrected chi connectivity index (χ0v) is 12.4. The topological polar surface area (TPSA) is 51.0 Å². The van der Waals surface area contributed by atoms with Gasteiger partial charge in [-0.05, 0) is 37.1 Å². The molecule has 20 heavy (non-hydrogen) atoms. The lowest BCUT2D eigenvalue weighted by molar-refractivity contribution is 0.366. The molecule has 2 aromatic rings. The van der Waals surface area contributed by atoms with Gasteiger partial charge in [-0.1, -0.05) is 34.4 Å². The highest BCUT2D eigenvalue weighted by atomic mass is 35.5. The third-order valence-electron chi connectivity index (χ3n) is 3.49. The highest BCUT2D eigenvalue weighted by Crippen LogP contribution is 2.24. The average Bonchev–Trinajstić information content (AvgIpc) is 2.92. The summed E-state index contributed by atoms with van der Waals surface area (Å²) in [7, 11) is 0. The van der Waals surface area contributed by atoms with Crippen molar-refractivity contribution in [3.8, 4) is 0 Å². The summed E-state index contributed by atoms with van der Waals surface area (Å²) in [5, 5.41) is 8.54. The minimum atomic E-state index is 0.357. The van der Waals surface area contributed by atoms with Crippen LogP contribution in [0.5, 0.6) is 0 Å². The Bertz CT molecular complexity index is 594. The van der Waals surface area contributed by atoms with E-state index in [-0.39, 0.29) is 0 Å². The number of piperidine rings is 1. The van der Waals surface area contributed by atoms with Gasteiger partial charge >= 0.3 is 0 Å². The van der Waals surface area contributed by atoms with Crippen molar-refractivity contribution >= 4 is 23.2 Å². The van der Waals surface area contributed by atoms with Gasteiger partial charge in [-0.25, -0.2) is 0 Å². The number of hydrogen-bond acceptors (Lipinski definition) is 4. The molecule has 1 aliphatic heterocycles. The highest BCUT2D eigenvalue weighted by molar-refractivity contribution is 6.42. The number of nitrogens with one attached hydrogen (secondary N) is 1. The van der Waals surface area contributed by atoms with Crippen LogP contribution in [0.3, 0.4) is 0 Å². The molecule has 1 unspecified atom stereocenters. The average molecular weight is 312 g/mol. The fourth-order valence-corrected chi connectivity index (χ4v) is 2.72. The fraction of sp³-hybridized carbons (Fsp3) is 0.429. The maximum atomic E-state index is 6.00. The Morgan fingerprint density at radius 2 is 2.20 bits per heavy atom. The van der Waals surface area contributed by atoms with Crippen LogP contribution in [0.4, 0.5) is 0 Å². The van der Waals surface area contributed by atoms with E-state index in [1.54, 1.807) is 6.07 Å². The summed E-state index contributed by atoms with van der Waals surface area (Å²) in [5.41, 5.74) is 1.01. The first-order chi connectivity index (χ1) is 9.72. The van der Waals surface area contributed by atoms with Crippen LogP contribution in [0.1, 0.15) is 36.0 Å². The number of aromatic nitrogens is 2. The van der Waals surface area contributed by atoms with Crippen molar-refractivity contribution in [2.75, 3.05) is 13.1 Å². The van der Waals surface area contributed by atoms with E-state index >= 15 is 0 Å². The lowest BCUT2D eigenvalue weighted by Gasteiger charge is -2.19. The second-order valence-corrected chi connectivity index (χ2v) is 5.83. The lowest BCUT2D eigenvalue weighted by Crippen LogP contribution is -2.28. The second-order valence-electron chi connectivity index (χ2n) is 5.01. The fourth-order valence-electron chi connectivity index (χ4n) is 2.40. The van der Waals surface area contributed by atoms with Gasteiger partial charge in [0.15, 0.2) is 5.82 Å². The van der Waals surface area contributed by atoms with E-state index in [2.05, 4.69) is 15.5 Å². The minimum absolute atomic E-state index is 0.357. The van der Waals surface area contributed by atoms with Crippen molar-refractivity contribution in [3.05, 3.63) is 45.5 Å². The smallest absolute Gasteiger partial charge is 0.231 e. The first-order valence-electron chi connectivity index (χ1n) is 6.69. The standard InChI is InChI=1S/C14H15Cl2N3O/c15-11-4-3-9(6-12(11)16)7-13-18-14(19-20-13)10-2-1-5-17-8-10/h3-4,6,10,17H,1-2,5,7-8H2. The first-order valence-corrected chi connectivity index (χ1v) is 7.45. The Balaban J connectivity index is 1.71. The van der Waals surface area contributed by atoms with Gasteiger partial charge in [-0.15, -0.1) is 0 Å². The van der Waals surface area contributed by atoms with E-state index in [1.807, 2.05) is 12.1 Å². The Hall–Kier alpha value is -1.10. The van der Waals surface area contributed by atoms with Crippen molar-refractivity contribution in [3.63, 3.8) is 0 Å². The molecule has 2 heterocycles. The molecule has 1 saturated heterocycles. The van der Waals surface area contributed by atoms with Crippen molar-refractivity contribution in [2.24, 2.45) is 0 Å². The normalized spacial score (nSPS) is 19.2. The van der Waals surface area contributed by atoms with Crippen molar-refractivity contribution in [1.29, 1.82) is 0 Å². The molecule has 6 heteroatoms. The van der Waals surface area contributed by atoms with Gasteiger partial charge in [0, 0.05) is 12.5 Å². The zero-order chi connectivity index (χ0) is 13.9. The molecule has 0 bridgehead atoms. The van der Waals surface area contributed by atoms with Crippen LogP contribution in [0.15, 0.2) is 22.7 Å². The number of rotatable bonds is 3. The monoisotopic (exact) mass is 311 g/mol. The molecule has 1 aliphatic rings. The molecular formula is C14H15Cl2N3O. The van der Waals surface area contributed by atoms with Crippen LogP contribution >= 0.6 is 23.2 Å². The largest absolute Gasteiger partial charge is 0.339 e.